The third-order valence-corrected chi connectivity index (χ3v) is 4.85. The van der Waals surface area contributed by atoms with E-state index in [0.717, 1.165) is 36.2 Å². The highest BCUT2D eigenvalue weighted by atomic mass is 35.5. The zero-order chi connectivity index (χ0) is 13.5. The van der Waals surface area contributed by atoms with E-state index in [0.29, 0.717) is 13.0 Å². The van der Waals surface area contributed by atoms with Crippen LogP contribution < -0.4 is 10.6 Å². The number of hydrogen-bond donors (Lipinski definition) is 2. The van der Waals surface area contributed by atoms with Crippen LogP contribution in [0.2, 0.25) is 4.34 Å². The number of amides is 1. The molecule has 0 atom stereocenters. The number of piperidine rings is 1. The van der Waals surface area contributed by atoms with Crippen LogP contribution in [0.15, 0.2) is 12.1 Å². The summed E-state index contributed by atoms with van der Waals surface area (Å²) in [6.07, 6.45) is 4.98. The quantitative estimate of drug-likeness (QED) is 0.837. The summed E-state index contributed by atoms with van der Waals surface area (Å²) in [6.45, 7) is 2.92. The number of carbonyl (C=O) groups is 1. The lowest BCUT2D eigenvalue weighted by Crippen LogP contribution is -2.30. The molecule has 1 aromatic rings. The molecule has 2 rings (SSSR count). The maximum atomic E-state index is 11.7. The van der Waals surface area contributed by atoms with Crippen molar-refractivity contribution in [2.24, 2.45) is 5.92 Å². The first kappa shape index (κ1) is 17.8. The van der Waals surface area contributed by atoms with Crippen LogP contribution >= 0.6 is 35.3 Å². The second-order valence-electron chi connectivity index (χ2n) is 5.04. The average Bonchev–Trinajstić information content (AvgIpc) is 2.83. The van der Waals surface area contributed by atoms with Crippen molar-refractivity contribution in [1.82, 2.24) is 10.6 Å². The smallest absolute Gasteiger partial charge is 0.220 e. The van der Waals surface area contributed by atoms with Gasteiger partial charge in [-0.1, -0.05) is 11.6 Å². The molecular formula is C14H22Cl2N2OS. The number of thiophene rings is 1. The van der Waals surface area contributed by atoms with Crippen molar-refractivity contribution in [3.8, 4) is 0 Å². The van der Waals surface area contributed by atoms with Crippen molar-refractivity contribution in [3.63, 3.8) is 0 Å². The van der Waals surface area contributed by atoms with Gasteiger partial charge in [0, 0.05) is 17.8 Å². The van der Waals surface area contributed by atoms with Crippen LogP contribution in [0.4, 0.5) is 0 Å². The minimum Gasteiger partial charge on any atom is -0.356 e. The van der Waals surface area contributed by atoms with Crippen LogP contribution in [0.3, 0.4) is 0 Å². The van der Waals surface area contributed by atoms with Gasteiger partial charge < -0.3 is 10.6 Å². The first-order valence-corrected chi connectivity index (χ1v) is 8.15. The topological polar surface area (TPSA) is 41.1 Å². The highest BCUT2D eigenvalue weighted by molar-refractivity contribution is 7.16. The minimum atomic E-state index is 0. The monoisotopic (exact) mass is 336 g/mol. The molecule has 0 spiro atoms. The third kappa shape index (κ3) is 6.44. The number of hydrogen-bond acceptors (Lipinski definition) is 3. The van der Waals surface area contributed by atoms with Crippen LogP contribution in [0, 0.1) is 5.92 Å². The Bertz CT molecular complexity index is 406. The fourth-order valence-electron chi connectivity index (χ4n) is 2.41. The molecule has 1 aromatic heterocycles. The molecule has 2 N–H and O–H groups in total. The number of rotatable bonds is 6. The maximum absolute atomic E-state index is 11.7. The Morgan fingerprint density at radius 2 is 2.15 bits per heavy atom. The molecule has 0 radical (unpaired) electrons. The summed E-state index contributed by atoms with van der Waals surface area (Å²) in [5.74, 6) is 0.907. The molecule has 1 aliphatic rings. The zero-order valence-corrected chi connectivity index (χ0v) is 13.9. The van der Waals surface area contributed by atoms with Crippen LogP contribution in [0.25, 0.3) is 0 Å². The molecule has 0 aromatic carbocycles. The van der Waals surface area contributed by atoms with E-state index in [2.05, 4.69) is 10.6 Å². The van der Waals surface area contributed by atoms with Gasteiger partial charge in [-0.25, -0.2) is 0 Å². The third-order valence-electron chi connectivity index (χ3n) is 3.56. The fourth-order valence-corrected chi connectivity index (χ4v) is 3.49. The summed E-state index contributed by atoms with van der Waals surface area (Å²) in [5, 5.41) is 6.34. The Labute approximate surface area is 135 Å². The lowest BCUT2D eigenvalue weighted by Gasteiger charge is -2.22. The van der Waals surface area contributed by atoms with Crippen LogP contribution in [-0.4, -0.2) is 25.5 Å². The minimum absolute atomic E-state index is 0. The van der Waals surface area contributed by atoms with E-state index >= 15 is 0 Å². The van der Waals surface area contributed by atoms with E-state index in [1.807, 2.05) is 12.1 Å². The first-order valence-electron chi connectivity index (χ1n) is 6.95. The summed E-state index contributed by atoms with van der Waals surface area (Å²) >= 11 is 7.45. The van der Waals surface area contributed by atoms with E-state index < -0.39 is 0 Å². The Morgan fingerprint density at radius 3 is 2.80 bits per heavy atom. The van der Waals surface area contributed by atoms with Crippen LogP contribution in [0.5, 0.6) is 0 Å². The van der Waals surface area contributed by atoms with Gasteiger partial charge in [-0.3, -0.25) is 4.79 Å². The van der Waals surface area contributed by atoms with Crippen molar-refractivity contribution in [3.05, 3.63) is 21.3 Å². The molecule has 1 saturated heterocycles. The molecular weight excluding hydrogens is 315 g/mol. The van der Waals surface area contributed by atoms with E-state index in [1.165, 1.54) is 17.7 Å². The van der Waals surface area contributed by atoms with E-state index in [-0.39, 0.29) is 18.3 Å². The summed E-state index contributed by atoms with van der Waals surface area (Å²) in [5.41, 5.74) is 0. The van der Waals surface area contributed by atoms with Crippen molar-refractivity contribution in [2.75, 3.05) is 19.6 Å². The standard InChI is InChI=1S/C14H21ClN2OS.ClH/c15-13-3-2-12(19-13)7-10-17-14(18)4-1-11-5-8-16-9-6-11;/h2-3,11,16H,1,4-10H2,(H,17,18);1H. The van der Waals surface area contributed by atoms with Gasteiger partial charge in [0.25, 0.3) is 0 Å². The second kappa shape index (κ2) is 9.61. The van der Waals surface area contributed by atoms with Crippen LogP contribution in [-0.2, 0) is 11.2 Å². The van der Waals surface area contributed by atoms with Crippen molar-refractivity contribution >= 4 is 41.3 Å². The van der Waals surface area contributed by atoms with Gasteiger partial charge in [0.15, 0.2) is 0 Å². The van der Waals surface area contributed by atoms with Crippen LogP contribution in [0.1, 0.15) is 30.6 Å². The number of carbonyl (C=O) groups excluding carboxylic acids is 1. The van der Waals surface area contributed by atoms with Crippen molar-refractivity contribution in [2.45, 2.75) is 32.1 Å². The predicted octanol–water partition coefficient (Wildman–Crippen LogP) is 3.26. The summed E-state index contributed by atoms with van der Waals surface area (Å²) in [4.78, 5) is 13.0. The molecule has 1 amide bonds. The zero-order valence-electron chi connectivity index (χ0n) is 11.5. The van der Waals surface area contributed by atoms with Crippen molar-refractivity contribution < 1.29 is 4.79 Å². The molecule has 0 bridgehead atoms. The molecule has 0 saturated carbocycles. The Kier molecular flexibility index (Phi) is 8.53. The van der Waals surface area contributed by atoms with Gasteiger partial charge in [-0.05, 0) is 56.8 Å². The fraction of sp³-hybridized carbons (Fsp3) is 0.643. The van der Waals surface area contributed by atoms with E-state index in [9.17, 15) is 4.79 Å². The summed E-state index contributed by atoms with van der Waals surface area (Å²) in [6, 6.07) is 3.93. The lowest BCUT2D eigenvalue weighted by atomic mass is 9.93. The molecule has 2 heterocycles. The predicted molar refractivity (Wildman–Crippen MR) is 88.1 cm³/mol. The van der Waals surface area contributed by atoms with Gasteiger partial charge in [-0.2, -0.15) is 0 Å². The summed E-state index contributed by atoms with van der Waals surface area (Å²) in [7, 11) is 0. The maximum Gasteiger partial charge on any atom is 0.220 e. The van der Waals surface area contributed by atoms with Gasteiger partial charge in [-0.15, -0.1) is 23.7 Å². The Morgan fingerprint density at radius 1 is 1.40 bits per heavy atom. The van der Waals surface area contributed by atoms with Gasteiger partial charge in [0.1, 0.15) is 0 Å². The molecule has 3 nitrogen and oxygen atoms in total. The molecule has 20 heavy (non-hydrogen) atoms. The normalized spacial score (nSPS) is 15.7. The molecule has 6 heteroatoms. The van der Waals surface area contributed by atoms with Gasteiger partial charge in [0.2, 0.25) is 5.91 Å². The van der Waals surface area contributed by atoms with Gasteiger partial charge >= 0.3 is 0 Å². The highest BCUT2D eigenvalue weighted by Crippen LogP contribution is 2.21. The van der Waals surface area contributed by atoms with E-state index in [4.69, 9.17) is 11.6 Å². The Balaban J connectivity index is 0.00000200. The van der Waals surface area contributed by atoms with Gasteiger partial charge in [0.05, 0.1) is 4.34 Å². The highest BCUT2D eigenvalue weighted by Gasteiger charge is 2.14. The largest absolute Gasteiger partial charge is 0.356 e. The molecule has 1 fully saturated rings. The lowest BCUT2D eigenvalue weighted by molar-refractivity contribution is -0.121. The second-order valence-corrected chi connectivity index (χ2v) is 6.84. The molecule has 0 unspecified atom stereocenters. The van der Waals surface area contributed by atoms with E-state index in [1.54, 1.807) is 11.3 Å². The number of halogens is 2. The molecule has 0 aliphatic carbocycles. The Hall–Kier alpha value is -0.290. The SMILES string of the molecule is Cl.O=C(CCC1CCNCC1)NCCc1ccc(Cl)s1. The average molecular weight is 337 g/mol. The molecule has 114 valence electrons. The molecule has 1 aliphatic heterocycles. The first-order chi connectivity index (χ1) is 9.24. The summed E-state index contributed by atoms with van der Waals surface area (Å²) < 4.78 is 0.812. The number of nitrogens with one attached hydrogen (secondary N) is 2. The van der Waals surface area contributed by atoms with Crippen molar-refractivity contribution in [1.29, 1.82) is 0 Å².